The number of nitrogens with one attached hydrogen (secondary N) is 1. The first-order chi connectivity index (χ1) is 8.42. The fourth-order valence-corrected chi connectivity index (χ4v) is 5.76. The summed E-state index contributed by atoms with van der Waals surface area (Å²) in [6.45, 7) is 2.12. The highest BCUT2D eigenvalue weighted by atomic mass is 79.9. The van der Waals surface area contributed by atoms with E-state index in [-0.39, 0.29) is 4.90 Å². The van der Waals surface area contributed by atoms with Crippen LogP contribution in [0, 0.1) is 6.92 Å². The molecule has 0 aromatic carbocycles. The summed E-state index contributed by atoms with van der Waals surface area (Å²) in [5.41, 5.74) is 6.28. The van der Waals surface area contributed by atoms with Gasteiger partial charge in [0, 0.05) is 16.8 Å². The third kappa shape index (κ3) is 2.91. The van der Waals surface area contributed by atoms with Crippen LogP contribution in [0.5, 0.6) is 0 Å². The molecule has 2 rings (SSSR count). The van der Waals surface area contributed by atoms with Gasteiger partial charge in [0.25, 0.3) is 10.0 Å². The van der Waals surface area contributed by atoms with Gasteiger partial charge in [0.1, 0.15) is 4.90 Å². The number of sulfonamides is 1. The summed E-state index contributed by atoms with van der Waals surface area (Å²) in [4.78, 5) is 5.07. The lowest BCUT2D eigenvalue weighted by atomic mass is 10.5. The Balaban J connectivity index is 2.33. The number of aromatic nitrogens is 1. The summed E-state index contributed by atoms with van der Waals surface area (Å²) in [5, 5.41) is 2.14. The van der Waals surface area contributed by atoms with Gasteiger partial charge in [-0.2, -0.15) is 0 Å². The van der Waals surface area contributed by atoms with Crippen molar-refractivity contribution < 1.29 is 8.42 Å². The summed E-state index contributed by atoms with van der Waals surface area (Å²) < 4.78 is 27.3. The van der Waals surface area contributed by atoms with Gasteiger partial charge in [-0.25, -0.2) is 13.4 Å². The van der Waals surface area contributed by atoms with Crippen LogP contribution in [-0.4, -0.2) is 13.4 Å². The highest BCUT2D eigenvalue weighted by molar-refractivity contribution is 9.11. The number of aryl methyl sites for hydroxylation is 1. The number of nitrogens with zero attached hydrogens (tertiary/aromatic N) is 1. The Morgan fingerprint density at radius 2 is 2.28 bits per heavy atom. The van der Waals surface area contributed by atoms with Gasteiger partial charge in [-0.1, -0.05) is 0 Å². The van der Waals surface area contributed by atoms with Gasteiger partial charge in [-0.15, -0.1) is 22.7 Å². The van der Waals surface area contributed by atoms with Crippen LogP contribution in [0.4, 0.5) is 5.13 Å². The Labute approximate surface area is 121 Å². The molecule has 18 heavy (non-hydrogen) atoms. The van der Waals surface area contributed by atoms with Crippen LogP contribution < -0.4 is 10.5 Å². The molecular weight excluding hydrogens is 358 g/mol. The lowest BCUT2D eigenvalue weighted by Crippen LogP contribution is -2.12. The summed E-state index contributed by atoms with van der Waals surface area (Å²) in [6.07, 6.45) is 0. The molecule has 0 radical (unpaired) electrons. The molecule has 0 bridgehead atoms. The Morgan fingerprint density at radius 3 is 2.78 bits per heavy atom. The van der Waals surface area contributed by atoms with Crippen LogP contribution >= 0.6 is 38.6 Å². The Bertz CT molecular complexity index is 662. The standard InChI is InChI=1S/C9H10BrN3O2S3/c1-5-4-16-9(12-5)13-18(14,15)7-2-6(3-11)17-8(7)10/h2,4H,3,11H2,1H3,(H,12,13). The zero-order chi connectivity index (χ0) is 13.3. The Hall–Kier alpha value is -0.480. The maximum atomic E-state index is 12.2. The molecular formula is C9H10BrN3O2S3. The van der Waals surface area contributed by atoms with Crippen molar-refractivity contribution in [3.63, 3.8) is 0 Å². The van der Waals surface area contributed by atoms with Crippen LogP contribution in [0.3, 0.4) is 0 Å². The first-order valence-electron chi connectivity index (χ1n) is 4.85. The monoisotopic (exact) mass is 367 g/mol. The number of anilines is 1. The third-order valence-electron chi connectivity index (χ3n) is 2.04. The van der Waals surface area contributed by atoms with E-state index in [0.717, 1.165) is 10.6 Å². The van der Waals surface area contributed by atoms with E-state index >= 15 is 0 Å². The van der Waals surface area contributed by atoms with Gasteiger partial charge >= 0.3 is 0 Å². The minimum atomic E-state index is -3.61. The quantitative estimate of drug-likeness (QED) is 0.869. The average Bonchev–Trinajstić information content (AvgIpc) is 2.84. The number of halogens is 1. The number of hydrogen-bond donors (Lipinski definition) is 2. The topological polar surface area (TPSA) is 85.1 Å². The molecule has 0 spiro atoms. The average molecular weight is 368 g/mol. The molecule has 0 aliphatic rings. The molecule has 0 atom stereocenters. The molecule has 0 amide bonds. The van der Waals surface area contributed by atoms with Gasteiger partial charge in [0.2, 0.25) is 0 Å². The highest BCUT2D eigenvalue weighted by Gasteiger charge is 2.21. The van der Waals surface area contributed by atoms with Crippen molar-refractivity contribution in [1.29, 1.82) is 0 Å². The first-order valence-corrected chi connectivity index (χ1v) is 8.83. The molecule has 0 aliphatic heterocycles. The van der Waals surface area contributed by atoms with Crippen molar-refractivity contribution in [3.05, 3.63) is 25.8 Å². The van der Waals surface area contributed by atoms with E-state index < -0.39 is 10.0 Å². The van der Waals surface area contributed by atoms with E-state index in [1.54, 1.807) is 18.4 Å². The molecule has 0 unspecified atom stereocenters. The molecule has 0 saturated carbocycles. The molecule has 2 aromatic rings. The molecule has 2 heterocycles. The number of rotatable bonds is 4. The smallest absolute Gasteiger partial charge is 0.265 e. The van der Waals surface area contributed by atoms with E-state index in [2.05, 4.69) is 25.6 Å². The molecule has 9 heteroatoms. The second-order valence-electron chi connectivity index (χ2n) is 3.45. The molecule has 3 N–H and O–H groups in total. The number of thiazole rings is 1. The van der Waals surface area contributed by atoms with Crippen molar-refractivity contribution >= 4 is 53.8 Å². The summed E-state index contributed by atoms with van der Waals surface area (Å²) in [6, 6.07) is 1.57. The van der Waals surface area contributed by atoms with E-state index in [1.165, 1.54) is 22.7 Å². The maximum absolute atomic E-state index is 12.2. The van der Waals surface area contributed by atoms with E-state index in [1.807, 2.05) is 0 Å². The van der Waals surface area contributed by atoms with Crippen LogP contribution in [0.25, 0.3) is 0 Å². The Kier molecular flexibility index (Phi) is 4.07. The third-order valence-corrected chi connectivity index (χ3v) is 6.66. The Morgan fingerprint density at radius 1 is 1.56 bits per heavy atom. The summed E-state index contributed by atoms with van der Waals surface area (Å²) in [5.74, 6) is 0. The zero-order valence-electron chi connectivity index (χ0n) is 9.31. The number of hydrogen-bond acceptors (Lipinski definition) is 6. The van der Waals surface area contributed by atoms with Gasteiger partial charge < -0.3 is 5.73 Å². The fourth-order valence-electron chi connectivity index (χ4n) is 1.25. The molecule has 5 nitrogen and oxygen atoms in total. The van der Waals surface area contributed by atoms with Crippen LogP contribution in [0.1, 0.15) is 10.6 Å². The van der Waals surface area contributed by atoms with Gasteiger partial charge in [-0.05, 0) is 28.9 Å². The number of thiophene rings is 1. The predicted molar refractivity (Wildman–Crippen MR) is 77.6 cm³/mol. The molecule has 0 saturated heterocycles. The summed E-state index contributed by atoms with van der Waals surface area (Å²) >= 11 is 5.80. The van der Waals surface area contributed by atoms with E-state index in [0.29, 0.717) is 15.5 Å². The van der Waals surface area contributed by atoms with Crippen molar-refractivity contribution in [2.24, 2.45) is 5.73 Å². The van der Waals surface area contributed by atoms with Crippen LogP contribution in [-0.2, 0) is 16.6 Å². The lowest BCUT2D eigenvalue weighted by molar-refractivity contribution is 0.601. The maximum Gasteiger partial charge on any atom is 0.265 e. The summed E-state index contributed by atoms with van der Waals surface area (Å²) in [7, 11) is -3.61. The van der Waals surface area contributed by atoms with Crippen molar-refractivity contribution in [1.82, 2.24) is 4.98 Å². The molecule has 0 aliphatic carbocycles. The molecule has 2 aromatic heterocycles. The largest absolute Gasteiger partial charge is 0.326 e. The van der Waals surface area contributed by atoms with E-state index in [4.69, 9.17) is 5.73 Å². The van der Waals surface area contributed by atoms with Crippen LogP contribution in [0.2, 0.25) is 0 Å². The van der Waals surface area contributed by atoms with Crippen molar-refractivity contribution in [3.8, 4) is 0 Å². The number of nitrogens with two attached hydrogens (primary N) is 1. The minimum absolute atomic E-state index is 0.195. The van der Waals surface area contributed by atoms with Gasteiger partial charge in [0.15, 0.2) is 5.13 Å². The SMILES string of the molecule is Cc1csc(NS(=O)(=O)c2cc(CN)sc2Br)n1. The van der Waals surface area contributed by atoms with E-state index in [9.17, 15) is 8.42 Å². The fraction of sp³-hybridized carbons (Fsp3) is 0.222. The lowest BCUT2D eigenvalue weighted by Gasteiger charge is -2.03. The predicted octanol–water partition coefficient (Wildman–Crippen LogP) is 2.54. The van der Waals surface area contributed by atoms with Crippen molar-refractivity contribution in [2.75, 3.05) is 4.72 Å². The normalized spacial score (nSPS) is 11.7. The molecule has 0 fully saturated rings. The zero-order valence-corrected chi connectivity index (χ0v) is 13.3. The first kappa shape index (κ1) is 13.9. The second kappa shape index (κ2) is 5.25. The van der Waals surface area contributed by atoms with Crippen LogP contribution in [0.15, 0.2) is 20.1 Å². The van der Waals surface area contributed by atoms with Crippen molar-refractivity contribution in [2.45, 2.75) is 18.4 Å². The van der Waals surface area contributed by atoms with Gasteiger partial charge in [0.05, 0.1) is 9.48 Å². The molecule has 98 valence electrons. The highest BCUT2D eigenvalue weighted by Crippen LogP contribution is 2.32. The van der Waals surface area contributed by atoms with Gasteiger partial charge in [-0.3, -0.25) is 4.72 Å². The second-order valence-corrected chi connectivity index (χ2v) is 8.42. The minimum Gasteiger partial charge on any atom is -0.326 e.